The Balaban J connectivity index is 2.44. The topological polar surface area (TPSA) is 38.3 Å². The summed E-state index contributed by atoms with van der Waals surface area (Å²) in [5.41, 5.74) is 0.340. The number of para-hydroxylation sites is 1. The molecule has 1 aliphatic heterocycles. The molecule has 1 heterocycles. The molecule has 3 nitrogen and oxygen atoms in total. The maximum Gasteiger partial charge on any atom is 0.157 e. The smallest absolute Gasteiger partial charge is 0.157 e. The zero-order valence-corrected chi connectivity index (χ0v) is 9.75. The van der Waals surface area contributed by atoms with Crippen LogP contribution in [0.2, 0.25) is 0 Å². The fourth-order valence-electron chi connectivity index (χ4n) is 2.24. The number of carbonyl (C=O) groups excluding carboxylic acids is 1. The lowest BCUT2D eigenvalue weighted by molar-refractivity contribution is -0.126. The van der Waals surface area contributed by atoms with Crippen molar-refractivity contribution < 1.29 is 9.53 Å². The van der Waals surface area contributed by atoms with Crippen LogP contribution in [0.1, 0.15) is 25.3 Å². The summed E-state index contributed by atoms with van der Waals surface area (Å²) >= 11 is 0. The minimum absolute atomic E-state index is 0.239. The van der Waals surface area contributed by atoms with Crippen molar-refractivity contribution in [3.63, 3.8) is 0 Å². The minimum Gasteiger partial charge on any atom is -0.496 e. The van der Waals surface area contributed by atoms with Crippen LogP contribution in [0.4, 0.5) is 0 Å². The van der Waals surface area contributed by atoms with Crippen molar-refractivity contribution in [1.82, 2.24) is 5.32 Å². The second-order valence-corrected chi connectivity index (χ2v) is 4.28. The highest BCUT2D eigenvalue weighted by molar-refractivity contribution is 5.90. The van der Waals surface area contributed by atoms with E-state index in [2.05, 4.69) is 5.32 Å². The monoisotopic (exact) mass is 219 g/mol. The van der Waals surface area contributed by atoms with Crippen molar-refractivity contribution in [1.29, 1.82) is 0 Å². The molecule has 1 saturated heterocycles. The van der Waals surface area contributed by atoms with Crippen LogP contribution in [0.25, 0.3) is 0 Å². The van der Waals surface area contributed by atoms with Gasteiger partial charge >= 0.3 is 0 Å². The summed E-state index contributed by atoms with van der Waals surface area (Å²) in [4.78, 5) is 12.1. The molecule has 1 atom stereocenters. The maximum absolute atomic E-state index is 12.1. The lowest BCUT2D eigenvalue weighted by Gasteiger charge is -2.34. The van der Waals surface area contributed by atoms with E-state index in [-0.39, 0.29) is 5.78 Å². The Morgan fingerprint density at radius 1 is 1.38 bits per heavy atom. The maximum atomic E-state index is 12.1. The summed E-state index contributed by atoms with van der Waals surface area (Å²) in [6.45, 7) is 2.81. The number of methoxy groups -OCH3 is 1. The van der Waals surface area contributed by atoms with E-state index in [1.165, 1.54) is 0 Å². The van der Waals surface area contributed by atoms with Crippen LogP contribution in [0.15, 0.2) is 24.3 Å². The van der Waals surface area contributed by atoms with Gasteiger partial charge in [0.2, 0.25) is 0 Å². The van der Waals surface area contributed by atoms with E-state index in [0.29, 0.717) is 6.42 Å². The normalized spacial score (nSPS) is 25.5. The number of hydrogen-bond donors (Lipinski definition) is 1. The van der Waals surface area contributed by atoms with E-state index in [4.69, 9.17) is 4.74 Å². The van der Waals surface area contributed by atoms with Crippen molar-refractivity contribution in [2.75, 3.05) is 13.7 Å². The van der Waals surface area contributed by atoms with Crippen LogP contribution in [0, 0.1) is 0 Å². The zero-order chi connectivity index (χ0) is 11.6. The Kier molecular flexibility index (Phi) is 2.97. The molecule has 1 N–H and O–H groups in total. The number of Topliss-reactive ketones (excluding diaryl/α,β-unsaturated/α-hetero) is 1. The van der Waals surface area contributed by atoms with E-state index in [1.54, 1.807) is 7.11 Å². The van der Waals surface area contributed by atoms with Crippen molar-refractivity contribution in [3.8, 4) is 5.75 Å². The first-order valence-electron chi connectivity index (χ1n) is 5.60. The second-order valence-electron chi connectivity index (χ2n) is 4.28. The molecule has 2 rings (SSSR count). The molecule has 0 aliphatic carbocycles. The third-order valence-corrected chi connectivity index (χ3v) is 3.26. The third-order valence-electron chi connectivity index (χ3n) is 3.26. The molecule has 86 valence electrons. The molecule has 0 amide bonds. The van der Waals surface area contributed by atoms with E-state index < -0.39 is 5.54 Å². The van der Waals surface area contributed by atoms with Gasteiger partial charge in [-0.25, -0.2) is 0 Å². The molecule has 0 aromatic heterocycles. The number of ketones is 1. The highest BCUT2D eigenvalue weighted by atomic mass is 16.5. The summed E-state index contributed by atoms with van der Waals surface area (Å²) in [7, 11) is 1.63. The molecule has 3 heteroatoms. The number of benzene rings is 1. The zero-order valence-electron chi connectivity index (χ0n) is 9.75. The van der Waals surface area contributed by atoms with E-state index in [1.807, 2.05) is 31.2 Å². The molecule has 0 radical (unpaired) electrons. The Hall–Kier alpha value is -1.35. The van der Waals surface area contributed by atoms with Gasteiger partial charge in [0.15, 0.2) is 5.78 Å². The molecule has 1 aliphatic rings. The number of nitrogens with one attached hydrogen (secondary N) is 1. The quantitative estimate of drug-likeness (QED) is 0.825. The van der Waals surface area contributed by atoms with Gasteiger partial charge < -0.3 is 10.1 Å². The molecular weight excluding hydrogens is 202 g/mol. The Morgan fingerprint density at radius 3 is 2.81 bits per heavy atom. The van der Waals surface area contributed by atoms with Gasteiger partial charge in [-0.15, -0.1) is 0 Å². The molecule has 1 unspecified atom stereocenters. The Bertz CT molecular complexity index is 403. The van der Waals surface area contributed by atoms with Crippen molar-refractivity contribution in [2.45, 2.75) is 25.3 Å². The van der Waals surface area contributed by atoms with Gasteiger partial charge in [-0.3, -0.25) is 4.79 Å². The number of ether oxygens (including phenoxy) is 1. The fourth-order valence-corrected chi connectivity index (χ4v) is 2.24. The molecule has 0 spiro atoms. The van der Waals surface area contributed by atoms with E-state index in [9.17, 15) is 4.79 Å². The average Bonchev–Trinajstić information content (AvgIpc) is 2.33. The van der Waals surface area contributed by atoms with Gasteiger partial charge in [-0.05, 0) is 26.0 Å². The summed E-state index contributed by atoms with van der Waals surface area (Å²) in [6.07, 6.45) is 1.56. The molecule has 1 aromatic rings. The number of carbonyl (C=O) groups is 1. The highest BCUT2D eigenvalue weighted by Gasteiger charge is 2.38. The Labute approximate surface area is 95.8 Å². The lowest BCUT2D eigenvalue weighted by Crippen LogP contribution is -2.50. The SMILES string of the molecule is COc1ccccc1C1(C)NCCCC1=O. The number of rotatable bonds is 2. The molecule has 0 bridgehead atoms. The minimum atomic E-state index is -0.592. The summed E-state index contributed by atoms with van der Waals surface area (Å²) in [5.74, 6) is 1.01. The van der Waals surface area contributed by atoms with Crippen molar-refractivity contribution >= 4 is 5.78 Å². The lowest BCUT2D eigenvalue weighted by atomic mass is 9.82. The molecular formula is C13H17NO2. The van der Waals surface area contributed by atoms with Crippen LogP contribution < -0.4 is 10.1 Å². The first-order valence-corrected chi connectivity index (χ1v) is 5.60. The fraction of sp³-hybridized carbons (Fsp3) is 0.462. The van der Waals surface area contributed by atoms with Crippen LogP contribution in [-0.4, -0.2) is 19.4 Å². The van der Waals surface area contributed by atoms with Crippen LogP contribution >= 0.6 is 0 Å². The first kappa shape index (κ1) is 11.1. The van der Waals surface area contributed by atoms with E-state index in [0.717, 1.165) is 24.3 Å². The molecule has 0 saturated carbocycles. The number of piperidine rings is 1. The molecule has 16 heavy (non-hydrogen) atoms. The van der Waals surface area contributed by atoms with Crippen LogP contribution in [0.3, 0.4) is 0 Å². The van der Waals surface area contributed by atoms with Gasteiger partial charge in [0.25, 0.3) is 0 Å². The predicted octanol–water partition coefficient (Wildman–Crippen LogP) is 1.86. The number of hydrogen-bond acceptors (Lipinski definition) is 3. The van der Waals surface area contributed by atoms with Gasteiger partial charge in [0.1, 0.15) is 11.3 Å². The van der Waals surface area contributed by atoms with Crippen LogP contribution in [0.5, 0.6) is 5.75 Å². The third kappa shape index (κ3) is 1.71. The van der Waals surface area contributed by atoms with Gasteiger partial charge in [-0.1, -0.05) is 18.2 Å². The van der Waals surface area contributed by atoms with Crippen LogP contribution in [-0.2, 0) is 10.3 Å². The van der Waals surface area contributed by atoms with Gasteiger partial charge in [0.05, 0.1) is 7.11 Å². The summed E-state index contributed by atoms with van der Waals surface area (Å²) in [6, 6.07) is 7.70. The van der Waals surface area contributed by atoms with Crippen molar-refractivity contribution in [2.24, 2.45) is 0 Å². The standard InChI is InChI=1S/C13H17NO2/c1-13(12(15)8-5-9-14-13)10-6-3-4-7-11(10)16-2/h3-4,6-7,14H,5,8-9H2,1-2H3. The second kappa shape index (κ2) is 4.26. The average molecular weight is 219 g/mol. The molecule has 1 fully saturated rings. The highest BCUT2D eigenvalue weighted by Crippen LogP contribution is 2.33. The predicted molar refractivity (Wildman–Crippen MR) is 62.6 cm³/mol. The first-order chi connectivity index (χ1) is 7.68. The van der Waals surface area contributed by atoms with Crippen molar-refractivity contribution in [3.05, 3.63) is 29.8 Å². The van der Waals surface area contributed by atoms with E-state index >= 15 is 0 Å². The van der Waals surface area contributed by atoms with Gasteiger partial charge in [-0.2, -0.15) is 0 Å². The summed E-state index contributed by atoms with van der Waals surface area (Å²) < 4.78 is 5.32. The molecule has 1 aromatic carbocycles. The largest absolute Gasteiger partial charge is 0.496 e. The van der Waals surface area contributed by atoms with Gasteiger partial charge in [0, 0.05) is 12.0 Å². The summed E-state index contributed by atoms with van der Waals surface area (Å²) in [5, 5.41) is 3.31. The Morgan fingerprint density at radius 2 is 2.12 bits per heavy atom.